The molecule has 0 aliphatic heterocycles. The van der Waals surface area contributed by atoms with Crippen molar-refractivity contribution in [2.75, 3.05) is 5.73 Å². The number of aliphatic carboxylic acids is 1. The number of carboxylic acids is 1. The molecule has 0 saturated carbocycles. The van der Waals surface area contributed by atoms with E-state index in [9.17, 15) is 14.4 Å². The van der Waals surface area contributed by atoms with E-state index in [2.05, 4.69) is 15.4 Å². The molecule has 0 aliphatic rings. The number of nitrogens with zero attached hydrogens (tertiary/aromatic N) is 5. The van der Waals surface area contributed by atoms with Crippen LogP contribution in [-0.4, -0.2) is 46.3 Å². The van der Waals surface area contributed by atoms with Gasteiger partial charge in [-0.25, -0.2) is 19.6 Å². The highest BCUT2D eigenvalue weighted by atomic mass is 16.4. The smallest absolute Gasteiger partial charge is 0.309 e. The van der Waals surface area contributed by atoms with Crippen molar-refractivity contribution < 1.29 is 14.7 Å². The van der Waals surface area contributed by atoms with E-state index in [0.29, 0.717) is 39.6 Å². The van der Waals surface area contributed by atoms with Gasteiger partial charge >= 0.3 is 5.97 Å². The molecule has 0 unspecified atom stereocenters. The number of hydrogen-bond acceptors (Lipinski definition) is 7. The minimum absolute atomic E-state index is 0. The average Bonchev–Trinajstić information content (AvgIpc) is 3.67. The molecule has 0 atom stereocenters. The summed E-state index contributed by atoms with van der Waals surface area (Å²) in [5.74, 6) is -0.372. The van der Waals surface area contributed by atoms with Gasteiger partial charge in [-0.05, 0) is 66.2 Å². The van der Waals surface area contributed by atoms with Gasteiger partial charge in [0.1, 0.15) is 11.3 Å². The molecule has 49 heavy (non-hydrogen) atoms. The van der Waals surface area contributed by atoms with Crippen LogP contribution < -0.4 is 16.6 Å². The number of carbonyl (C=O) groups excluding carboxylic acids is 1. The van der Waals surface area contributed by atoms with Crippen LogP contribution in [0.1, 0.15) is 29.0 Å². The zero-order valence-corrected chi connectivity index (χ0v) is 25.4. The van der Waals surface area contributed by atoms with Crippen LogP contribution in [0.15, 0.2) is 120 Å². The number of benzene rings is 3. The molecule has 0 saturated heterocycles. The van der Waals surface area contributed by atoms with Crippen molar-refractivity contribution in [2.45, 2.75) is 20.4 Å². The molecule has 244 valence electrons. The van der Waals surface area contributed by atoms with Crippen molar-refractivity contribution >= 4 is 28.9 Å². The second-order valence-electron chi connectivity index (χ2n) is 11.0. The van der Waals surface area contributed by atoms with Crippen LogP contribution >= 0.6 is 0 Å². The van der Waals surface area contributed by atoms with Gasteiger partial charge in [-0.15, -0.1) is 0 Å². The summed E-state index contributed by atoms with van der Waals surface area (Å²) >= 11 is 0. The maximum absolute atomic E-state index is 12.9. The summed E-state index contributed by atoms with van der Waals surface area (Å²) in [4.78, 5) is 50.4. The molecular formula is C37H32N8O4. The number of fused-ring (bicyclic) bond motifs is 1. The number of nitrogen functional groups attached to an aromatic ring is 1. The molecule has 0 radical (unpaired) electrons. The first kappa shape index (κ1) is 32.1. The standard InChI is InChI=1S/C36H28N8O4.CH4/c37-33-28(7-4-18-38-33)34-41-30-17-16-29(23-5-2-1-3-6-23)40-35(30)43(34)26-12-8-22(9-13-26)21-39-36(48)24-10-14-27(15-11-24)44-31(45)19-25(42-44)20-32(46)47;/h1-19,42H,20-21H2,(H2,37,38)(H,39,48)(H,46,47);1H4. The first-order valence-corrected chi connectivity index (χ1v) is 15.0. The average molecular weight is 653 g/mol. The van der Waals surface area contributed by atoms with E-state index >= 15 is 0 Å². The third-order valence-electron chi connectivity index (χ3n) is 7.80. The lowest BCUT2D eigenvalue weighted by atomic mass is 10.1. The summed E-state index contributed by atoms with van der Waals surface area (Å²) in [7, 11) is 0. The molecule has 0 bridgehead atoms. The number of aromatic amines is 1. The van der Waals surface area contributed by atoms with Gasteiger partial charge in [0.15, 0.2) is 11.5 Å². The van der Waals surface area contributed by atoms with Crippen LogP contribution in [0.3, 0.4) is 0 Å². The van der Waals surface area contributed by atoms with E-state index in [1.807, 2.05) is 83.4 Å². The summed E-state index contributed by atoms with van der Waals surface area (Å²) in [5, 5.41) is 14.7. The number of hydrogen-bond donors (Lipinski definition) is 4. The minimum Gasteiger partial charge on any atom is -0.481 e. The molecule has 3 aromatic carbocycles. The number of anilines is 1. The Labute approximate surface area is 280 Å². The number of rotatable bonds is 9. The van der Waals surface area contributed by atoms with Crippen LogP contribution in [0.4, 0.5) is 5.82 Å². The molecule has 1 amide bonds. The summed E-state index contributed by atoms with van der Waals surface area (Å²) in [6, 6.07) is 32.9. The number of H-pyrrole nitrogens is 1. The second kappa shape index (κ2) is 13.5. The topological polar surface area (TPSA) is 174 Å². The van der Waals surface area contributed by atoms with Crippen LogP contribution in [-0.2, 0) is 17.8 Å². The van der Waals surface area contributed by atoms with E-state index in [1.165, 1.54) is 10.7 Å². The number of imidazole rings is 1. The van der Waals surface area contributed by atoms with Crippen LogP contribution in [0, 0.1) is 0 Å². The molecule has 0 spiro atoms. The van der Waals surface area contributed by atoms with E-state index < -0.39 is 5.97 Å². The molecule has 4 heterocycles. The lowest BCUT2D eigenvalue weighted by Gasteiger charge is -2.12. The highest BCUT2D eigenvalue weighted by molar-refractivity contribution is 5.94. The third kappa shape index (κ3) is 6.56. The molecule has 12 heteroatoms. The third-order valence-corrected chi connectivity index (χ3v) is 7.80. The molecule has 0 aliphatic carbocycles. The molecule has 5 N–H and O–H groups in total. The second-order valence-corrected chi connectivity index (χ2v) is 11.0. The zero-order chi connectivity index (χ0) is 33.2. The van der Waals surface area contributed by atoms with Crippen molar-refractivity contribution in [2.24, 2.45) is 0 Å². The fourth-order valence-corrected chi connectivity index (χ4v) is 5.46. The summed E-state index contributed by atoms with van der Waals surface area (Å²) in [5.41, 5.74) is 12.6. The largest absolute Gasteiger partial charge is 0.481 e. The Bertz CT molecular complexity index is 2340. The van der Waals surface area contributed by atoms with Crippen LogP contribution in [0.2, 0.25) is 0 Å². The van der Waals surface area contributed by atoms with Gasteiger partial charge in [0.25, 0.3) is 11.5 Å². The maximum Gasteiger partial charge on any atom is 0.309 e. The van der Waals surface area contributed by atoms with Gasteiger partial charge in [0, 0.05) is 41.3 Å². The normalized spacial score (nSPS) is 10.9. The van der Waals surface area contributed by atoms with E-state index in [0.717, 1.165) is 22.5 Å². The van der Waals surface area contributed by atoms with Crippen molar-refractivity contribution in [1.29, 1.82) is 0 Å². The molecule has 7 aromatic rings. The van der Waals surface area contributed by atoms with Crippen molar-refractivity contribution in [3.8, 4) is 34.0 Å². The monoisotopic (exact) mass is 652 g/mol. The van der Waals surface area contributed by atoms with Crippen molar-refractivity contribution in [3.63, 3.8) is 0 Å². The van der Waals surface area contributed by atoms with Crippen molar-refractivity contribution in [3.05, 3.63) is 143 Å². The Hall–Kier alpha value is -6.82. The van der Waals surface area contributed by atoms with Gasteiger partial charge < -0.3 is 16.2 Å². The number of carboxylic acid groups (broad SMARTS) is 1. The summed E-state index contributed by atoms with van der Waals surface area (Å²) in [6.07, 6.45) is 1.34. The highest BCUT2D eigenvalue weighted by Gasteiger charge is 2.19. The van der Waals surface area contributed by atoms with E-state index in [-0.39, 0.29) is 37.6 Å². The van der Waals surface area contributed by atoms with Gasteiger partial charge in [-0.1, -0.05) is 49.9 Å². The number of nitrogens with two attached hydrogens (primary N) is 1. The van der Waals surface area contributed by atoms with Crippen molar-refractivity contribution in [1.82, 2.24) is 34.6 Å². The Morgan fingerprint density at radius 3 is 2.31 bits per heavy atom. The van der Waals surface area contributed by atoms with E-state index in [4.69, 9.17) is 20.8 Å². The lowest BCUT2D eigenvalue weighted by Crippen LogP contribution is -2.23. The summed E-state index contributed by atoms with van der Waals surface area (Å²) in [6.45, 7) is 0.277. The predicted molar refractivity (Wildman–Crippen MR) is 188 cm³/mol. The Balaban J connectivity index is 0.00000417. The van der Waals surface area contributed by atoms with E-state index in [1.54, 1.807) is 30.5 Å². The number of pyridine rings is 2. The number of amides is 1. The van der Waals surface area contributed by atoms with Gasteiger partial charge in [-0.3, -0.25) is 24.0 Å². The first-order chi connectivity index (χ1) is 23.3. The Morgan fingerprint density at radius 2 is 1.59 bits per heavy atom. The molecular weight excluding hydrogens is 620 g/mol. The Morgan fingerprint density at radius 1 is 0.857 bits per heavy atom. The maximum atomic E-state index is 12.9. The fourth-order valence-electron chi connectivity index (χ4n) is 5.46. The van der Waals surface area contributed by atoms with Crippen LogP contribution in [0.25, 0.3) is 45.2 Å². The molecule has 4 aromatic heterocycles. The zero-order valence-electron chi connectivity index (χ0n) is 25.4. The van der Waals surface area contributed by atoms with Crippen LogP contribution in [0.5, 0.6) is 0 Å². The lowest BCUT2D eigenvalue weighted by molar-refractivity contribution is -0.136. The quantitative estimate of drug-likeness (QED) is 0.160. The minimum atomic E-state index is -1.05. The fraction of sp³-hybridized carbons (Fsp3) is 0.0811. The predicted octanol–water partition coefficient (Wildman–Crippen LogP) is 5.40. The Kier molecular flexibility index (Phi) is 8.85. The summed E-state index contributed by atoms with van der Waals surface area (Å²) < 4.78 is 3.19. The van der Waals surface area contributed by atoms with Gasteiger partial charge in [0.05, 0.1) is 23.4 Å². The highest BCUT2D eigenvalue weighted by Crippen LogP contribution is 2.31. The first-order valence-electron chi connectivity index (χ1n) is 15.0. The molecule has 7 rings (SSSR count). The number of aromatic nitrogens is 6. The number of nitrogens with one attached hydrogen (secondary N) is 2. The SMILES string of the molecule is C.Nc1ncccc1-c1nc2ccc(-c3ccccc3)nc2n1-c1ccc(CNC(=O)c2ccc(-n3[nH]c(CC(=O)O)cc3=O)cc2)cc1. The molecule has 0 fully saturated rings. The van der Waals surface area contributed by atoms with Gasteiger partial charge in [0.2, 0.25) is 0 Å². The molecule has 12 nitrogen and oxygen atoms in total. The number of carbonyl (C=O) groups is 2. The van der Waals surface area contributed by atoms with Gasteiger partial charge in [-0.2, -0.15) is 0 Å².